The molecule has 3 aromatic heterocycles. The molecule has 0 radical (unpaired) electrons. The molecule has 178 valence electrons. The number of anilines is 2. The van der Waals surface area contributed by atoms with Gasteiger partial charge in [-0.25, -0.2) is 9.97 Å². The van der Waals surface area contributed by atoms with E-state index < -0.39 is 0 Å². The molecular weight excluding hydrogens is 466 g/mol. The molecule has 0 aliphatic heterocycles. The van der Waals surface area contributed by atoms with Crippen LogP contribution in [0.1, 0.15) is 34.5 Å². The number of nitrogens with zero attached hydrogens (tertiary/aromatic N) is 3. The summed E-state index contributed by atoms with van der Waals surface area (Å²) in [5, 5.41) is 6.96. The second-order valence-corrected chi connectivity index (χ2v) is 9.47. The summed E-state index contributed by atoms with van der Waals surface area (Å²) in [5.41, 5.74) is 5.59. The highest BCUT2D eigenvalue weighted by atomic mass is 32.1. The third kappa shape index (κ3) is 5.31. The fraction of sp³-hybridized carbons (Fsp3) is 0.103. The summed E-state index contributed by atoms with van der Waals surface area (Å²) in [5.74, 6) is 0.529. The quantitative estimate of drug-likeness (QED) is 0.256. The van der Waals surface area contributed by atoms with Gasteiger partial charge in [0, 0.05) is 30.2 Å². The lowest BCUT2D eigenvalue weighted by Crippen LogP contribution is -2.11. The number of hydrogen-bond donors (Lipinski definition) is 2. The third-order valence-corrected chi connectivity index (χ3v) is 6.77. The molecule has 1 amide bonds. The third-order valence-electron chi connectivity index (χ3n) is 5.75. The number of carbonyl (C=O) groups excluding carboxylic acids is 1. The number of pyridine rings is 2. The number of nitrogens with one attached hydrogen (secondary N) is 2. The molecule has 0 saturated heterocycles. The van der Waals surface area contributed by atoms with Gasteiger partial charge in [0.25, 0.3) is 5.91 Å². The molecule has 0 aliphatic rings. The van der Waals surface area contributed by atoms with E-state index in [0.29, 0.717) is 10.7 Å². The Morgan fingerprint density at radius 3 is 2.56 bits per heavy atom. The van der Waals surface area contributed by atoms with Crippen LogP contribution in [0.2, 0.25) is 0 Å². The summed E-state index contributed by atoms with van der Waals surface area (Å²) in [4.78, 5) is 27.1. The fourth-order valence-corrected chi connectivity index (χ4v) is 4.90. The summed E-state index contributed by atoms with van der Waals surface area (Å²) >= 11 is 1.44. The highest BCUT2D eigenvalue weighted by Crippen LogP contribution is 2.40. The zero-order valence-electron chi connectivity index (χ0n) is 20.0. The lowest BCUT2D eigenvalue weighted by atomic mass is 10.1. The lowest BCUT2D eigenvalue weighted by Gasteiger charge is -2.15. The molecule has 6 nitrogen and oxygen atoms in total. The van der Waals surface area contributed by atoms with Crippen LogP contribution < -0.4 is 10.6 Å². The maximum atomic E-state index is 12.8. The van der Waals surface area contributed by atoms with Crippen LogP contribution in [0.25, 0.3) is 21.7 Å². The first-order chi connectivity index (χ1) is 17.6. The van der Waals surface area contributed by atoms with Crippen molar-refractivity contribution >= 4 is 28.2 Å². The van der Waals surface area contributed by atoms with Gasteiger partial charge in [0.05, 0.1) is 16.1 Å². The molecule has 36 heavy (non-hydrogen) atoms. The number of aromatic nitrogens is 3. The SMILES string of the molecule is Cc1cccc(-c2nc(NC(=O)c3cccnc3)sc2-c2ccnc(N[C@@H](C)c3ccccc3)c2)c1. The Balaban J connectivity index is 1.49. The van der Waals surface area contributed by atoms with E-state index in [1.165, 1.54) is 16.9 Å². The summed E-state index contributed by atoms with van der Waals surface area (Å²) < 4.78 is 0. The van der Waals surface area contributed by atoms with Crippen molar-refractivity contribution in [2.24, 2.45) is 0 Å². The van der Waals surface area contributed by atoms with Crippen molar-refractivity contribution < 1.29 is 4.79 Å². The zero-order valence-corrected chi connectivity index (χ0v) is 20.8. The van der Waals surface area contributed by atoms with Gasteiger partial charge in [-0.15, -0.1) is 0 Å². The number of amides is 1. The number of benzene rings is 2. The molecule has 1 atom stereocenters. The van der Waals surface area contributed by atoms with Gasteiger partial charge in [0.15, 0.2) is 5.13 Å². The number of carbonyl (C=O) groups is 1. The van der Waals surface area contributed by atoms with Gasteiger partial charge in [-0.05, 0) is 55.3 Å². The average Bonchev–Trinajstić information content (AvgIpc) is 3.34. The van der Waals surface area contributed by atoms with Crippen molar-refractivity contribution in [1.29, 1.82) is 0 Å². The molecule has 5 aromatic rings. The Kier molecular flexibility index (Phi) is 6.82. The summed E-state index contributed by atoms with van der Waals surface area (Å²) in [7, 11) is 0. The van der Waals surface area contributed by atoms with E-state index in [2.05, 4.69) is 58.7 Å². The van der Waals surface area contributed by atoms with Crippen molar-refractivity contribution in [2.75, 3.05) is 10.6 Å². The second kappa shape index (κ2) is 10.5. The summed E-state index contributed by atoms with van der Waals surface area (Å²) in [6, 6.07) is 26.0. The number of hydrogen-bond acceptors (Lipinski definition) is 6. The lowest BCUT2D eigenvalue weighted by molar-refractivity contribution is 0.102. The second-order valence-electron chi connectivity index (χ2n) is 8.47. The molecule has 0 spiro atoms. The van der Waals surface area contributed by atoms with Gasteiger partial charge in [0.2, 0.25) is 0 Å². The van der Waals surface area contributed by atoms with Crippen molar-refractivity contribution in [2.45, 2.75) is 19.9 Å². The smallest absolute Gasteiger partial charge is 0.259 e. The predicted octanol–water partition coefficient (Wildman–Crippen LogP) is 7.00. The molecule has 2 N–H and O–H groups in total. The van der Waals surface area contributed by atoms with Crippen LogP contribution in [-0.2, 0) is 0 Å². The Morgan fingerprint density at radius 2 is 1.78 bits per heavy atom. The molecule has 0 saturated carbocycles. The Bertz CT molecular complexity index is 1480. The minimum absolute atomic E-state index is 0.0981. The first-order valence-corrected chi connectivity index (χ1v) is 12.5. The summed E-state index contributed by atoms with van der Waals surface area (Å²) in [6.07, 6.45) is 4.98. The van der Waals surface area contributed by atoms with Gasteiger partial charge >= 0.3 is 0 Å². The molecule has 3 heterocycles. The van der Waals surface area contributed by atoms with E-state index in [-0.39, 0.29) is 11.9 Å². The molecule has 5 rings (SSSR count). The van der Waals surface area contributed by atoms with Gasteiger partial charge in [-0.2, -0.15) is 0 Å². The maximum Gasteiger partial charge on any atom is 0.259 e. The largest absolute Gasteiger partial charge is 0.364 e. The molecule has 7 heteroatoms. The van der Waals surface area contributed by atoms with Crippen LogP contribution in [0.15, 0.2) is 97.5 Å². The van der Waals surface area contributed by atoms with Crippen molar-refractivity contribution in [1.82, 2.24) is 15.0 Å². The molecule has 2 aromatic carbocycles. The highest BCUT2D eigenvalue weighted by molar-refractivity contribution is 7.19. The Hall–Kier alpha value is -4.36. The first kappa shape index (κ1) is 23.4. The van der Waals surface area contributed by atoms with Crippen LogP contribution in [0.4, 0.5) is 10.9 Å². The monoisotopic (exact) mass is 491 g/mol. The van der Waals surface area contributed by atoms with Gasteiger partial charge in [0.1, 0.15) is 5.82 Å². The number of thiazole rings is 1. The van der Waals surface area contributed by atoms with Crippen LogP contribution in [0.3, 0.4) is 0 Å². The topological polar surface area (TPSA) is 79.8 Å². The van der Waals surface area contributed by atoms with E-state index in [4.69, 9.17) is 4.98 Å². The van der Waals surface area contributed by atoms with E-state index in [1.54, 1.807) is 30.7 Å². The molecule has 0 aliphatic carbocycles. The van der Waals surface area contributed by atoms with Crippen LogP contribution in [0.5, 0.6) is 0 Å². The van der Waals surface area contributed by atoms with Crippen molar-refractivity contribution in [3.8, 4) is 21.7 Å². The van der Waals surface area contributed by atoms with E-state index in [1.807, 2.05) is 42.5 Å². The molecular formula is C29H25N5OS. The standard InChI is InChI=1S/C29H25N5OS/c1-19-8-6-11-22(16-19)26-27(36-29(33-26)34-28(35)24-12-7-14-30-18-24)23-13-15-31-25(17-23)32-20(2)21-9-4-3-5-10-21/h3-18,20H,1-2H3,(H,31,32)(H,33,34,35)/t20-/m0/s1. The van der Waals surface area contributed by atoms with E-state index >= 15 is 0 Å². The Morgan fingerprint density at radius 1 is 0.917 bits per heavy atom. The van der Waals surface area contributed by atoms with Gasteiger partial charge in [-0.3, -0.25) is 15.1 Å². The minimum Gasteiger partial charge on any atom is -0.364 e. The minimum atomic E-state index is -0.243. The average molecular weight is 492 g/mol. The van der Waals surface area contributed by atoms with Crippen LogP contribution in [-0.4, -0.2) is 20.9 Å². The van der Waals surface area contributed by atoms with Crippen molar-refractivity contribution in [3.05, 3.63) is 114 Å². The Labute approximate surface area is 214 Å². The van der Waals surface area contributed by atoms with E-state index in [9.17, 15) is 4.79 Å². The number of rotatable bonds is 7. The van der Waals surface area contributed by atoms with Crippen molar-refractivity contribution in [3.63, 3.8) is 0 Å². The molecule has 0 bridgehead atoms. The summed E-state index contributed by atoms with van der Waals surface area (Å²) in [6.45, 7) is 4.17. The zero-order chi connectivity index (χ0) is 24.9. The normalized spacial score (nSPS) is 11.6. The van der Waals surface area contributed by atoms with Gasteiger partial charge in [-0.1, -0.05) is 65.4 Å². The first-order valence-electron chi connectivity index (χ1n) is 11.6. The maximum absolute atomic E-state index is 12.8. The molecule has 0 unspecified atom stereocenters. The fourth-order valence-electron chi connectivity index (χ4n) is 3.92. The van der Waals surface area contributed by atoms with Crippen LogP contribution >= 0.6 is 11.3 Å². The van der Waals surface area contributed by atoms with Crippen LogP contribution in [0, 0.1) is 6.92 Å². The molecule has 0 fully saturated rings. The number of aryl methyl sites for hydroxylation is 1. The van der Waals surface area contributed by atoms with Gasteiger partial charge < -0.3 is 5.32 Å². The highest BCUT2D eigenvalue weighted by Gasteiger charge is 2.18. The van der Waals surface area contributed by atoms with E-state index in [0.717, 1.165) is 33.1 Å². The predicted molar refractivity (Wildman–Crippen MR) is 146 cm³/mol.